The van der Waals surface area contributed by atoms with Crippen molar-refractivity contribution < 1.29 is 63.6 Å². The monoisotopic (exact) mass is 743 g/mol. The van der Waals surface area contributed by atoms with Crippen LogP contribution in [0.15, 0.2) is 54.6 Å². The number of phenols is 1. The van der Waals surface area contributed by atoms with Crippen LogP contribution in [0, 0.1) is 0 Å². The molecule has 0 aromatic heterocycles. The Bertz CT molecular complexity index is 1650. The number of phenolic OH excluding ortho intramolecular Hbond substituents is 1. The molecular formula is C33H41N7O13. The minimum Gasteiger partial charge on any atom is -0.508 e. The van der Waals surface area contributed by atoms with Crippen molar-refractivity contribution >= 4 is 53.4 Å². The van der Waals surface area contributed by atoms with Crippen LogP contribution in [-0.4, -0.2) is 111 Å². The standard InChI is InChI=1S/C33H41N7O13/c34-20(10-11-27(44)45)29(48)36-16-26(43)37-23(14-25(35)42)32(51)39-21(12-17-4-2-1-3-5-17)30(49)38-22(13-18-6-8-19(41)9-7-18)31(50)40-24(33(52)53)15-28(46)47/h1-9,20-24,41H,10-16,34H2,(H2,35,42)(H,36,48)(H,37,43)(H,38,49)(H,39,51)(H,40,50)(H,44,45)(H,46,47)(H,52,53)/t20-,21-,22-,23-,24-/m0/s1. The van der Waals surface area contributed by atoms with E-state index in [0.29, 0.717) is 11.1 Å². The largest absolute Gasteiger partial charge is 0.508 e. The van der Waals surface area contributed by atoms with Gasteiger partial charge in [0.05, 0.1) is 25.4 Å². The van der Waals surface area contributed by atoms with Gasteiger partial charge >= 0.3 is 17.9 Å². The molecule has 0 radical (unpaired) electrons. The number of aromatic hydroxyl groups is 1. The van der Waals surface area contributed by atoms with E-state index in [1.807, 2.05) is 0 Å². The van der Waals surface area contributed by atoms with Gasteiger partial charge in [-0.05, 0) is 29.7 Å². The maximum Gasteiger partial charge on any atom is 0.326 e. The van der Waals surface area contributed by atoms with E-state index >= 15 is 0 Å². The highest BCUT2D eigenvalue weighted by Crippen LogP contribution is 2.13. The zero-order chi connectivity index (χ0) is 39.7. The van der Waals surface area contributed by atoms with Crippen LogP contribution in [0.1, 0.15) is 36.8 Å². The lowest BCUT2D eigenvalue weighted by Gasteiger charge is -2.26. The lowest BCUT2D eigenvalue weighted by molar-refractivity contribution is -0.147. The van der Waals surface area contributed by atoms with Gasteiger partial charge < -0.3 is 58.5 Å². The second-order valence-electron chi connectivity index (χ2n) is 11.7. The number of nitrogens with one attached hydrogen (secondary N) is 5. The molecule has 5 atom stereocenters. The number of hydrogen-bond donors (Lipinski definition) is 11. The summed E-state index contributed by atoms with van der Waals surface area (Å²) in [4.78, 5) is 111. The number of carbonyl (C=O) groups excluding carboxylic acids is 6. The molecule has 0 heterocycles. The van der Waals surface area contributed by atoms with Gasteiger partial charge in [0.15, 0.2) is 0 Å². The Hall–Kier alpha value is -6.57. The van der Waals surface area contributed by atoms with E-state index in [2.05, 4.69) is 26.6 Å². The first-order valence-corrected chi connectivity index (χ1v) is 15.9. The number of carboxylic acid groups (broad SMARTS) is 3. The Morgan fingerprint density at radius 1 is 0.604 bits per heavy atom. The lowest BCUT2D eigenvalue weighted by atomic mass is 10.0. The highest BCUT2D eigenvalue weighted by Gasteiger charge is 2.33. The summed E-state index contributed by atoms with van der Waals surface area (Å²) in [5.41, 5.74) is 11.8. The van der Waals surface area contributed by atoms with E-state index in [-0.39, 0.29) is 25.0 Å². The Labute approximate surface area is 301 Å². The summed E-state index contributed by atoms with van der Waals surface area (Å²) in [5.74, 6) is -10.5. The molecule has 2 rings (SSSR count). The molecule has 0 spiro atoms. The highest BCUT2D eigenvalue weighted by atomic mass is 16.4. The van der Waals surface area contributed by atoms with Crippen LogP contribution in [0.4, 0.5) is 0 Å². The van der Waals surface area contributed by atoms with Gasteiger partial charge in [-0.15, -0.1) is 0 Å². The molecule has 53 heavy (non-hydrogen) atoms. The molecule has 0 bridgehead atoms. The summed E-state index contributed by atoms with van der Waals surface area (Å²) in [7, 11) is 0. The zero-order valence-electron chi connectivity index (χ0n) is 28.2. The second kappa shape index (κ2) is 20.9. The Morgan fingerprint density at radius 3 is 1.60 bits per heavy atom. The smallest absolute Gasteiger partial charge is 0.326 e. The summed E-state index contributed by atoms with van der Waals surface area (Å²) in [6.07, 6.45) is -2.85. The molecule has 0 aliphatic carbocycles. The van der Waals surface area contributed by atoms with Crippen molar-refractivity contribution in [2.45, 2.75) is 68.7 Å². The van der Waals surface area contributed by atoms with Crippen molar-refractivity contribution in [3.05, 3.63) is 65.7 Å². The van der Waals surface area contributed by atoms with E-state index in [1.54, 1.807) is 30.3 Å². The molecular weight excluding hydrogens is 702 g/mol. The number of amides is 6. The zero-order valence-corrected chi connectivity index (χ0v) is 28.2. The van der Waals surface area contributed by atoms with Crippen LogP contribution in [0.2, 0.25) is 0 Å². The topological polar surface area (TPSA) is 347 Å². The average Bonchev–Trinajstić information content (AvgIpc) is 3.09. The van der Waals surface area contributed by atoms with Gasteiger partial charge in [0.1, 0.15) is 29.9 Å². The SMILES string of the molecule is NC(=O)C[C@H](NC(=O)CNC(=O)[C@@H](N)CCC(=O)O)C(=O)N[C@@H](Cc1ccccc1)C(=O)N[C@@H](Cc1ccc(O)cc1)C(=O)N[C@@H](CC(=O)O)C(=O)O. The molecule has 0 unspecified atom stereocenters. The van der Waals surface area contributed by atoms with Crippen molar-refractivity contribution in [1.29, 1.82) is 0 Å². The average molecular weight is 744 g/mol. The molecule has 286 valence electrons. The predicted octanol–water partition coefficient (Wildman–Crippen LogP) is -3.14. The van der Waals surface area contributed by atoms with Crippen molar-refractivity contribution in [3.8, 4) is 5.75 Å². The van der Waals surface area contributed by atoms with Crippen molar-refractivity contribution in [1.82, 2.24) is 26.6 Å². The first kappa shape index (κ1) is 42.6. The van der Waals surface area contributed by atoms with Crippen LogP contribution in [0.25, 0.3) is 0 Å². The Kier molecular flexibility index (Phi) is 16.8. The second-order valence-corrected chi connectivity index (χ2v) is 11.7. The van der Waals surface area contributed by atoms with Crippen LogP contribution in [-0.2, 0) is 56.0 Å². The summed E-state index contributed by atoms with van der Waals surface area (Å²) < 4.78 is 0. The van der Waals surface area contributed by atoms with Crippen molar-refractivity contribution in [3.63, 3.8) is 0 Å². The molecule has 0 saturated heterocycles. The summed E-state index contributed by atoms with van der Waals surface area (Å²) in [6.45, 7) is -0.733. The van der Waals surface area contributed by atoms with Gasteiger partial charge in [-0.3, -0.25) is 38.4 Å². The number of rotatable bonds is 22. The molecule has 0 aliphatic heterocycles. The first-order valence-electron chi connectivity index (χ1n) is 15.9. The lowest BCUT2D eigenvalue weighted by Crippen LogP contribution is -2.59. The van der Waals surface area contributed by atoms with Gasteiger partial charge in [-0.25, -0.2) is 4.79 Å². The Balaban J connectivity index is 2.33. The predicted molar refractivity (Wildman–Crippen MR) is 181 cm³/mol. The number of primary amides is 1. The molecule has 20 nitrogen and oxygen atoms in total. The van der Waals surface area contributed by atoms with Crippen LogP contribution < -0.4 is 38.1 Å². The van der Waals surface area contributed by atoms with Crippen molar-refractivity contribution in [2.24, 2.45) is 11.5 Å². The fraction of sp³-hybridized carbons (Fsp3) is 0.364. The molecule has 0 fully saturated rings. The molecule has 2 aromatic carbocycles. The van der Waals surface area contributed by atoms with Crippen molar-refractivity contribution in [2.75, 3.05) is 6.54 Å². The van der Waals surface area contributed by atoms with Gasteiger partial charge in [0.25, 0.3) is 0 Å². The minimum atomic E-state index is -1.87. The molecule has 2 aromatic rings. The summed E-state index contributed by atoms with van der Waals surface area (Å²) >= 11 is 0. The summed E-state index contributed by atoms with van der Waals surface area (Å²) in [5, 5.41) is 48.3. The van der Waals surface area contributed by atoms with Gasteiger partial charge in [0, 0.05) is 19.3 Å². The van der Waals surface area contributed by atoms with E-state index in [0.717, 1.165) is 0 Å². The van der Waals surface area contributed by atoms with Crippen LogP contribution in [0.3, 0.4) is 0 Å². The van der Waals surface area contributed by atoms with E-state index < -0.39 is 109 Å². The number of carbonyl (C=O) groups is 9. The van der Waals surface area contributed by atoms with Gasteiger partial charge in [0.2, 0.25) is 35.4 Å². The fourth-order valence-corrected chi connectivity index (χ4v) is 4.69. The third-order valence-electron chi connectivity index (χ3n) is 7.40. The quantitative estimate of drug-likeness (QED) is 0.0568. The number of nitrogens with two attached hydrogens (primary N) is 2. The minimum absolute atomic E-state index is 0.115. The Morgan fingerprint density at radius 2 is 1.11 bits per heavy atom. The maximum absolute atomic E-state index is 13.8. The third kappa shape index (κ3) is 15.9. The molecule has 20 heteroatoms. The number of hydrogen-bond acceptors (Lipinski definition) is 11. The fourth-order valence-electron chi connectivity index (χ4n) is 4.69. The highest BCUT2D eigenvalue weighted by molar-refractivity contribution is 5.97. The van der Waals surface area contributed by atoms with Crippen LogP contribution >= 0.6 is 0 Å². The van der Waals surface area contributed by atoms with Gasteiger partial charge in [-0.2, -0.15) is 0 Å². The number of aliphatic carboxylic acids is 3. The van der Waals surface area contributed by atoms with E-state index in [4.69, 9.17) is 21.7 Å². The maximum atomic E-state index is 13.8. The van der Waals surface area contributed by atoms with Crippen LogP contribution in [0.5, 0.6) is 5.75 Å². The normalized spacial score (nSPS) is 13.5. The third-order valence-corrected chi connectivity index (χ3v) is 7.40. The van der Waals surface area contributed by atoms with Gasteiger partial charge in [-0.1, -0.05) is 42.5 Å². The number of carboxylic acids is 3. The number of benzene rings is 2. The molecule has 13 N–H and O–H groups in total. The summed E-state index contributed by atoms with van der Waals surface area (Å²) in [6, 6.07) is 5.75. The molecule has 0 aliphatic rings. The van der Waals surface area contributed by atoms with E-state index in [1.165, 1.54) is 24.3 Å². The molecule has 0 saturated carbocycles. The first-order chi connectivity index (χ1) is 24.9. The van der Waals surface area contributed by atoms with E-state index in [9.17, 15) is 53.4 Å². The molecule has 6 amide bonds.